The minimum Gasteiger partial charge on any atom is -0.391 e. The van der Waals surface area contributed by atoms with Gasteiger partial charge < -0.3 is 9.84 Å². The summed E-state index contributed by atoms with van der Waals surface area (Å²) in [5, 5.41) is 10.2. The second kappa shape index (κ2) is 6.04. The zero-order chi connectivity index (χ0) is 13.1. The van der Waals surface area contributed by atoms with Gasteiger partial charge in [-0.2, -0.15) is 0 Å². The van der Waals surface area contributed by atoms with Crippen LogP contribution in [0.5, 0.6) is 0 Å². The Morgan fingerprint density at radius 2 is 2.05 bits per heavy atom. The summed E-state index contributed by atoms with van der Waals surface area (Å²) in [6, 6.07) is 10.8. The van der Waals surface area contributed by atoms with Crippen molar-refractivity contribution in [1.82, 2.24) is 4.90 Å². The summed E-state index contributed by atoms with van der Waals surface area (Å²) in [7, 11) is 0. The van der Waals surface area contributed by atoms with Crippen LogP contribution in [0.2, 0.25) is 0 Å². The van der Waals surface area contributed by atoms with E-state index in [1.54, 1.807) is 0 Å². The van der Waals surface area contributed by atoms with Gasteiger partial charge in [-0.05, 0) is 30.7 Å². The zero-order valence-corrected chi connectivity index (χ0v) is 11.4. The third kappa shape index (κ3) is 3.16. The summed E-state index contributed by atoms with van der Waals surface area (Å²) >= 11 is 0. The van der Waals surface area contributed by atoms with Gasteiger partial charge in [0.2, 0.25) is 0 Å². The summed E-state index contributed by atoms with van der Waals surface area (Å²) in [6.07, 6.45) is 2.85. The molecule has 0 aromatic heterocycles. The third-order valence-electron chi connectivity index (χ3n) is 4.43. The molecular weight excluding hydrogens is 238 g/mol. The molecule has 0 amide bonds. The molecule has 2 saturated heterocycles. The Morgan fingerprint density at radius 3 is 2.79 bits per heavy atom. The zero-order valence-electron chi connectivity index (χ0n) is 11.4. The van der Waals surface area contributed by atoms with Crippen molar-refractivity contribution in [3.63, 3.8) is 0 Å². The minimum absolute atomic E-state index is 0.178. The van der Waals surface area contributed by atoms with Crippen LogP contribution in [0.4, 0.5) is 0 Å². The largest absolute Gasteiger partial charge is 0.391 e. The van der Waals surface area contributed by atoms with Crippen LogP contribution < -0.4 is 0 Å². The van der Waals surface area contributed by atoms with Gasteiger partial charge in [0.15, 0.2) is 0 Å². The van der Waals surface area contributed by atoms with Gasteiger partial charge in [-0.15, -0.1) is 0 Å². The lowest BCUT2D eigenvalue weighted by molar-refractivity contribution is 0.103. The summed E-state index contributed by atoms with van der Waals surface area (Å²) < 4.78 is 5.46. The standard InChI is InChI=1S/C16H23NO2/c18-16-6-8-17(11-14-7-9-19-12-14)15(16)10-13-4-2-1-3-5-13/h1-5,14-16,18H,6-12H2/t14-,15-,16+/m0/s1. The third-order valence-corrected chi connectivity index (χ3v) is 4.43. The summed E-state index contributed by atoms with van der Waals surface area (Å²) in [6.45, 7) is 3.90. The molecule has 0 radical (unpaired) electrons. The Kier molecular flexibility index (Phi) is 4.16. The number of hydrogen-bond donors (Lipinski definition) is 1. The van der Waals surface area contributed by atoms with E-state index in [0.29, 0.717) is 5.92 Å². The Labute approximate surface area is 115 Å². The molecule has 0 aliphatic carbocycles. The van der Waals surface area contributed by atoms with E-state index in [4.69, 9.17) is 4.74 Å². The first kappa shape index (κ1) is 13.1. The van der Waals surface area contributed by atoms with E-state index in [2.05, 4.69) is 29.2 Å². The molecular formula is C16H23NO2. The lowest BCUT2D eigenvalue weighted by atomic mass is 10.0. The summed E-state index contributed by atoms with van der Waals surface area (Å²) in [4.78, 5) is 2.47. The predicted octanol–water partition coefficient (Wildman–Crippen LogP) is 1.70. The summed E-state index contributed by atoms with van der Waals surface area (Å²) in [5.74, 6) is 0.656. The van der Waals surface area contributed by atoms with Crippen LogP contribution in [0.15, 0.2) is 30.3 Å². The fraction of sp³-hybridized carbons (Fsp3) is 0.625. The van der Waals surface area contributed by atoms with Crippen molar-refractivity contribution in [2.24, 2.45) is 5.92 Å². The van der Waals surface area contributed by atoms with Crippen molar-refractivity contribution in [3.8, 4) is 0 Å². The maximum Gasteiger partial charge on any atom is 0.0710 e. The highest BCUT2D eigenvalue weighted by Gasteiger charge is 2.34. The normalized spacial score (nSPS) is 31.9. The average molecular weight is 261 g/mol. The van der Waals surface area contributed by atoms with Crippen LogP contribution in [0.3, 0.4) is 0 Å². The molecule has 0 saturated carbocycles. The van der Waals surface area contributed by atoms with Crippen molar-refractivity contribution in [3.05, 3.63) is 35.9 Å². The molecule has 3 heteroatoms. The Bertz CT molecular complexity index is 389. The number of aliphatic hydroxyl groups excluding tert-OH is 1. The van der Waals surface area contributed by atoms with E-state index < -0.39 is 0 Å². The van der Waals surface area contributed by atoms with Crippen LogP contribution in [0, 0.1) is 5.92 Å². The van der Waals surface area contributed by atoms with E-state index in [1.165, 1.54) is 12.0 Å². The fourth-order valence-corrected chi connectivity index (χ4v) is 3.31. The molecule has 0 spiro atoms. The predicted molar refractivity (Wildman–Crippen MR) is 75.1 cm³/mol. The molecule has 2 fully saturated rings. The van der Waals surface area contributed by atoms with Crippen LogP contribution >= 0.6 is 0 Å². The van der Waals surface area contributed by atoms with Gasteiger partial charge in [0.05, 0.1) is 12.7 Å². The van der Waals surface area contributed by atoms with E-state index in [1.807, 2.05) is 6.07 Å². The number of ether oxygens (including phenoxy) is 1. The van der Waals surface area contributed by atoms with Crippen LogP contribution in [0.1, 0.15) is 18.4 Å². The number of nitrogens with zero attached hydrogens (tertiary/aromatic N) is 1. The van der Waals surface area contributed by atoms with Gasteiger partial charge in [0, 0.05) is 25.7 Å². The summed E-state index contributed by atoms with van der Waals surface area (Å²) in [5.41, 5.74) is 1.32. The molecule has 19 heavy (non-hydrogen) atoms. The van der Waals surface area contributed by atoms with Crippen LogP contribution in [-0.2, 0) is 11.2 Å². The molecule has 1 aromatic rings. The van der Waals surface area contributed by atoms with E-state index in [-0.39, 0.29) is 12.1 Å². The SMILES string of the molecule is O[C@@H]1CCN(C[C@@H]2CCOC2)[C@H]1Cc1ccccc1. The maximum atomic E-state index is 10.2. The highest BCUT2D eigenvalue weighted by atomic mass is 16.5. The molecule has 1 N–H and O–H groups in total. The first-order chi connectivity index (χ1) is 9.33. The molecule has 2 heterocycles. The van der Waals surface area contributed by atoms with E-state index in [0.717, 1.165) is 39.1 Å². The molecule has 0 bridgehead atoms. The fourth-order valence-electron chi connectivity index (χ4n) is 3.31. The van der Waals surface area contributed by atoms with Gasteiger partial charge in [-0.1, -0.05) is 30.3 Å². The van der Waals surface area contributed by atoms with E-state index >= 15 is 0 Å². The minimum atomic E-state index is -0.178. The van der Waals surface area contributed by atoms with Crippen molar-refractivity contribution < 1.29 is 9.84 Å². The lowest BCUT2D eigenvalue weighted by Crippen LogP contribution is -2.40. The monoisotopic (exact) mass is 261 g/mol. The molecule has 0 unspecified atom stereocenters. The molecule has 1 aromatic carbocycles. The van der Waals surface area contributed by atoms with Crippen LogP contribution in [0.25, 0.3) is 0 Å². The smallest absolute Gasteiger partial charge is 0.0710 e. The van der Waals surface area contributed by atoms with Crippen molar-refractivity contribution in [2.75, 3.05) is 26.3 Å². The highest BCUT2D eigenvalue weighted by molar-refractivity contribution is 5.17. The topological polar surface area (TPSA) is 32.7 Å². The van der Waals surface area contributed by atoms with E-state index in [9.17, 15) is 5.11 Å². The second-order valence-corrected chi connectivity index (χ2v) is 5.84. The molecule has 104 valence electrons. The van der Waals surface area contributed by atoms with Crippen LogP contribution in [-0.4, -0.2) is 48.5 Å². The van der Waals surface area contributed by atoms with Gasteiger partial charge in [-0.3, -0.25) is 4.90 Å². The van der Waals surface area contributed by atoms with Gasteiger partial charge in [0.1, 0.15) is 0 Å². The van der Waals surface area contributed by atoms with Gasteiger partial charge >= 0.3 is 0 Å². The molecule has 2 aliphatic rings. The second-order valence-electron chi connectivity index (χ2n) is 5.84. The molecule has 3 atom stereocenters. The molecule has 3 rings (SSSR count). The maximum absolute atomic E-state index is 10.2. The molecule has 2 aliphatic heterocycles. The number of benzene rings is 1. The van der Waals surface area contributed by atoms with Gasteiger partial charge in [0.25, 0.3) is 0 Å². The Morgan fingerprint density at radius 1 is 1.21 bits per heavy atom. The molecule has 3 nitrogen and oxygen atoms in total. The van der Waals surface area contributed by atoms with Crippen molar-refractivity contribution in [1.29, 1.82) is 0 Å². The Hall–Kier alpha value is -0.900. The Balaban J connectivity index is 1.63. The first-order valence-corrected chi connectivity index (χ1v) is 7.37. The van der Waals surface area contributed by atoms with Crippen molar-refractivity contribution in [2.45, 2.75) is 31.4 Å². The first-order valence-electron chi connectivity index (χ1n) is 7.37. The lowest BCUT2D eigenvalue weighted by Gasteiger charge is -2.28. The number of likely N-dealkylation sites (tertiary alicyclic amines) is 1. The average Bonchev–Trinajstić information content (AvgIpc) is 3.05. The van der Waals surface area contributed by atoms with Gasteiger partial charge in [-0.25, -0.2) is 0 Å². The number of rotatable bonds is 4. The van der Waals surface area contributed by atoms with Crippen molar-refractivity contribution >= 4 is 0 Å². The number of hydrogen-bond acceptors (Lipinski definition) is 3. The quantitative estimate of drug-likeness (QED) is 0.895. The highest BCUT2D eigenvalue weighted by Crippen LogP contribution is 2.25. The number of aliphatic hydroxyl groups is 1.